The molecule has 2 aromatic rings. The quantitative estimate of drug-likeness (QED) is 0.850. The highest BCUT2D eigenvalue weighted by atomic mass is 35.5. The molecule has 1 aliphatic heterocycles. The minimum atomic E-state index is -0.428. The minimum Gasteiger partial charge on any atom is -0.326 e. The van der Waals surface area contributed by atoms with Crippen molar-refractivity contribution in [2.24, 2.45) is 5.92 Å². The molecule has 0 spiro atoms. The van der Waals surface area contributed by atoms with Gasteiger partial charge in [0, 0.05) is 23.7 Å². The summed E-state index contributed by atoms with van der Waals surface area (Å²) in [7, 11) is 0. The summed E-state index contributed by atoms with van der Waals surface area (Å²) in [6.07, 6.45) is 0.152. The van der Waals surface area contributed by atoms with E-state index in [0.717, 1.165) is 16.8 Å². The molecule has 2 amide bonds. The molecule has 0 unspecified atom stereocenters. The van der Waals surface area contributed by atoms with Gasteiger partial charge in [0.05, 0.1) is 16.6 Å². The van der Waals surface area contributed by atoms with Crippen LogP contribution in [0, 0.1) is 19.8 Å². The molecule has 4 nitrogen and oxygen atoms in total. The van der Waals surface area contributed by atoms with Crippen LogP contribution >= 0.6 is 23.2 Å². The van der Waals surface area contributed by atoms with Gasteiger partial charge in [-0.05, 0) is 49.2 Å². The van der Waals surface area contributed by atoms with E-state index in [2.05, 4.69) is 5.32 Å². The highest BCUT2D eigenvalue weighted by molar-refractivity contribution is 6.36. The number of aryl methyl sites for hydroxylation is 1. The second-order valence-corrected chi connectivity index (χ2v) is 7.08. The highest BCUT2D eigenvalue weighted by Gasteiger charge is 2.36. The van der Waals surface area contributed by atoms with E-state index in [1.807, 2.05) is 32.0 Å². The molecule has 1 saturated heterocycles. The van der Waals surface area contributed by atoms with E-state index in [9.17, 15) is 9.59 Å². The number of carbonyl (C=O) groups is 2. The van der Waals surface area contributed by atoms with E-state index in [1.165, 1.54) is 4.90 Å². The van der Waals surface area contributed by atoms with E-state index in [1.54, 1.807) is 18.2 Å². The van der Waals surface area contributed by atoms with Gasteiger partial charge in [-0.3, -0.25) is 9.59 Å². The third-order valence-electron chi connectivity index (χ3n) is 4.56. The van der Waals surface area contributed by atoms with E-state index < -0.39 is 5.92 Å². The fourth-order valence-corrected chi connectivity index (χ4v) is 3.32. The van der Waals surface area contributed by atoms with Crippen LogP contribution in [-0.4, -0.2) is 18.4 Å². The maximum absolute atomic E-state index is 12.6. The van der Waals surface area contributed by atoms with Crippen molar-refractivity contribution < 1.29 is 9.59 Å². The van der Waals surface area contributed by atoms with Gasteiger partial charge >= 0.3 is 0 Å². The second-order valence-electron chi connectivity index (χ2n) is 6.24. The van der Waals surface area contributed by atoms with Crippen molar-refractivity contribution in [1.29, 1.82) is 0 Å². The second kappa shape index (κ2) is 7.06. The number of hydrogen-bond donors (Lipinski definition) is 1. The van der Waals surface area contributed by atoms with Gasteiger partial charge in [0.15, 0.2) is 0 Å². The molecule has 2 aromatic carbocycles. The molecule has 0 radical (unpaired) electrons. The smallest absolute Gasteiger partial charge is 0.229 e. The lowest BCUT2D eigenvalue weighted by molar-refractivity contribution is -0.122. The summed E-state index contributed by atoms with van der Waals surface area (Å²) in [5.74, 6) is -0.726. The average Bonchev–Trinajstić information content (AvgIpc) is 2.96. The summed E-state index contributed by atoms with van der Waals surface area (Å²) in [5, 5.41) is 3.87. The summed E-state index contributed by atoms with van der Waals surface area (Å²) in [4.78, 5) is 26.5. The van der Waals surface area contributed by atoms with Gasteiger partial charge in [0.1, 0.15) is 0 Å². The molecule has 0 aliphatic carbocycles. The Balaban J connectivity index is 1.77. The highest BCUT2D eigenvalue weighted by Crippen LogP contribution is 2.34. The molecule has 1 aliphatic rings. The van der Waals surface area contributed by atoms with Crippen LogP contribution < -0.4 is 10.2 Å². The third-order valence-corrected chi connectivity index (χ3v) is 5.11. The van der Waals surface area contributed by atoms with Crippen molar-refractivity contribution in [3.8, 4) is 0 Å². The molecular formula is C19H18Cl2N2O2. The van der Waals surface area contributed by atoms with E-state index in [0.29, 0.717) is 15.7 Å². The molecule has 3 rings (SSSR count). The monoisotopic (exact) mass is 376 g/mol. The summed E-state index contributed by atoms with van der Waals surface area (Å²) in [6.45, 7) is 4.24. The number of amides is 2. The summed E-state index contributed by atoms with van der Waals surface area (Å²) in [6, 6.07) is 10.7. The molecule has 25 heavy (non-hydrogen) atoms. The van der Waals surface area contributed by atoms with Crippen molar-refractivity contribution >= 4 is 46.4 Å². The number of nitrogens with one attached hydrogen (secondary N) is 1. The molecule has 1 atom stereocenters. The lowest BCUT2D eigenvalue weighted by Crippen LogP contribution is -2.28. The lowest BCUT2D eigenvalue weighted by atomic mass is 10.1. The predicted molar refractivity (Wildman–Crippen MR) is 101 cm³/mol. The first-order valence-corrected chi connectivity index (χ1v) is 8.75. The minimum absolute atomic E-state index is 0.134. The molecule has 0 aromatic heterocycles. The van der Waals surface area contributed by atoms with Crippen molar-refractivity contribution in [3.63, 3.8) is 0 Å². The number of benzene rings is 2. The van der Waals surface area contributed by atoms with Crippen LogP contribution in [0.2, 0.25) is 10.0 Å². The molecular weight excluding hydrogens is 359 g/mol. The van der Waals surface area contributed by atoms with E-state index in [4.69, 9.17) is 23.2 Å². The first-order valence-electron chi connectivity index (χ1n) is 7.99. The zero-order valence-corrected chi connectivity index (χ0v) is 15.5. The first kappa shape index (κ1) is 17.8. The Kier molecular flexibility index (Phi) is 5.02. The van der Waals surface area contributed by atoms with Gasteiger partial charge in [0.2, 0.25) is 11.8 Å². The average molecular weight is 377 g/mol. The fraction of sp³-hybridized carbons (Fsp3) is 0.263. The molecule has 1 fully saturated rings. The number of anilines is 2. The number of rotatable bonds is 3. The largest absolute Gasteiger partial charge is 0.326 e. The predicted octanol–water partition coefficient (Wildman–Crippen LogP) is 4.60. The zero-order chi connectivity index (χ0) is 18.1. The molecule has 1 heterocycles. The number of carbonyl (C=O) groups excluding carboxylic acids is 2. The van der Waals surface area contributed by atoms with Crippen LogP contribution in [-0.2, 0) is 9.59 Å². The fourth-order valence-electron chi connectivity index (χ4n) is 2.93. The van der Waals surface area contributed by atoms with Crippen LogP contribution in [0.1, 0.15) is 17.5 Å². The van der Waals surface area contributed by atoms with Crippen molar-refractivity contribution in [2.75, 3.05) is 16.8 Å². The maximum Gasteiger partial charge on any atom is 0.229 e. The summed E-state index contributed by atoms with van der Waals surface area (Å²) in [5.41, 5.74) is 3.44. The Hall–Kier alpha value is -2.04. The maximum atomic E-state index is 12.6. The summed E-state index contributed by atoms with van der Waals surface area (Å²) < 4.78 is 0. The Morgan fingerprint density at radius 2 is 1.96 bits per heavy atom. The van der Waals surface area contributed by atoms with Crippen LogP contribution in [0.4, 0.5) is 11.4 Å². The van der Waals surface area contributed by atoms with Gasteiger partial charge in [0.25, 0.3) is 0 Å². The van der Waals surface area contributed by atoms with Gasteiger partial charge in [-0.25, -0.2) is 0 Å². The van der Waals surface area contributed by atoms with Crippen LogP contribution in [0.15, 0.2) is 36.4 Å². The number of hydrogen-bond acceptors (Lipinski definition) is 2. The van der Waals surface area contributed by atoms with Gasteiger partial charge in [-0.15, -0.1) is 0 Å². The Bertz CT molecular complexity index is 851. The van der Waals surface area contributed by atoms with Crippen LogP contribution in [0.25, 0.3) is 0 Å². The third kappa shape index (κ3) is 3.65. The van der Waals surface area contributed by atoms with Crippen molar-refractivity contribution in [1.82, 2.24) is 0 Å². The molecule has 1 N–H and O–H groups in total. The topological polar surface area (TPSA) is 49.4 Å². The van der Waals surface area contributed by atoms with Gasteiger partial charge < -0.3 is 10.2 Å². The first-order chi connectivity index (χ1) is 11.9. The molecule has 0 saturated carbocycles. The number of nitrogens with zero attached hydrogens (tertiary/aromatic N) is 1. The van der Waals surface area contributed by atoms with Crippen LogP contribution in [0.3, 0.4) is 0 Å². The number of halogens is 2. The Morgan fingerprint density at radius 3 is 2.72 bits per heavy atom. The van der Waals surface area contributed by atoms with E-state index in [-0.39, 0.29) is 24.8 Å². The van der Waals surface area contributed by atoms with E-state index >= 15 is 0 Å². The zero-order valence-electron chi connectivity index (χ0n) is 14.0. The Labute approximate surface area is 156 Å². The van der Waals surface area contributed by atoms with Crippen molar-refractivity contribution in [3.05, 3.63) is 57.6 Å². The van der Waals surface area contributed by atoms with Crippen molar-refractivity contribution in [2.45, 2.75) is 20.3 Å². The van der Waals surface area contributed by atoms with Gasteiger partial charge in [-0.2, -0.15) is 0 Å². The van der Waals surface area contributed by atoms with Crippen LogP contribution in [0.5, 0.6) is 0 Å². The standard InChI is InChI=1S/C19H18Cl2N2O2/c1-11-4-3-5-16(12(11)2)22-19(25)13-8-18(24)23(10-13)17-9-14(20)6-7-15(17)21/h3-7,9,13H,8,10H2,1-2H3,(H,22,25)/t13-/m0/s1. The SMILES string of the molecule is Cc1cccc(NC(=O)[C@H]2CC(=O)N(c3cc(Cl)ccc3Cl)C2)c1C. The normalized spacial score (nSPS) is 17.0. The molecule has 6 heteroatoms. The lowest BCUT2D eigenvalue weighted by Gasteiger charge is -2.18. The Morgan fingerprint density at radius 1 is 1.20 bits per heavy atom. The molecule has 0 bridgehead atoms. The summed E-state index contributed by atoms with van der Waals surface area (Å²) >= 11 is 12.2. The van der Waals surface area contributed by atoms with Gasteiger partial charge in [-0.1, -0.05) is 35.3 Å². The molecule has 130 valence electrons.